The molecule has 1 rings (SSSR count). The van der Waals surface area contributed by atoms with E-state index in [1.165, 1.54) is 0 Å². The molecule has 0 radical (unpaired) electrons. The highest BCUT2D eigenvalue weighted by Gasteiger charge is 1.99. The summed E-state index contributed by atoms with van der Waals surface area (Å²) in [6.07, 6.45) is 3.52. The van der Waals surface area contributed by atoms with Crippen LogP contribution in [0.5, 0.6) is 0 Å². The van der Waals surface area contributed by atoms with Gasteiger partial charge in [-0.15, -0.1) is 0 Å². The van der Waals surface area contributed by atoms with E-state index in [1.54, 1.807) is 24.2 Å². The summed E-state index contributed by atoms with van der Waals surface area (Å²) in [5.41, 5.74) is 0. The van der Waals surface area contributed by atoms with Crippen molar-refractivity contribution in [1.29, 1.82) is 0 Å². The van der Waals surface area contributed by atoms with Crippen LogP contribution in [-0.2, 0) is 0 Å². The molecule has 60 valence electrons. The Morgan fingerprint density at radius 1 is 1.36 bits per heavy atom. The Morgan fingerprint density at radius 3 is 2.36 bits per heavy atom. The van der Waals surface area contributed by atoms with Gasteiger partial charge in [-0.1, -0.05) is 25.6 Å². The number of thioether (sulfide) groups is 1. The average Bonchev–Trinajstić information content (AvgIpc) is 1.93. The van der Waals surface area contributed by atoms with Crippen molar-refractivity contribution in [2.75, 3.05) is 0 Å². The Bertz CT molecular complexity index is 222. The van der Waals surface area contributed by atoms with E-state index in [9.17, 15) is 0 Å². The van der Waals surface area contributed by atoms with Gasteiger partial charge in [-0.3, -0.25) is 0 Å². The molecule has 0 aliphatic heterocycles. The maximum absolute atomic E-state index is 4.12. The van der Waals surface area contributed by atoms with E-state index in [-0.39, 0.29) is 0 Å². The van der Waals surface area contributed by atoms with Gasteiger partial charge < -0.3 is 0 Å². The lowest BCUT2D eigenvalue weighted by atomic mass is 10.6. The fourth-order valence-corrected chi connectivity index (χ4v) is 1.43. The van der Waals surface area contributed by atoms with Crippen LogP contribution in [0.1, 0.15) is 13.8 Å². The highest BCUT2D eigenvalue weighted by Crippen LogP contribution is 2.18. The summed E-state index contributed by atoms with van der Waals surface area (Å²) in [7, 11) is 0. The molecule has 0 bridgehead atoms. The molecule has 0 saturated heterocycles. The maximum atomic E-state index is 4.12. The van der Waals surface area contributed by atoms with Crippen molar-refractivity contribution in [2.45, 2.75) is 24.3 Å². The topological polar surface area (TPSA) is 25.8 Å². The number of hydrogen-bond acceptors (Lipinski definition) is 3. The van der Waals surface area contributed by atoms with Crippen molar-refractivity contribution in [2.24, 2.45) is 0 Å². The first-order chi connectivity index (χ1) is 5.18. The van der Waals surface area contributed by atoms with Gasteiger partial charge in [0.15, 0.2) is 5.16 Å². The van der Waals surface area contributed by atoms with E-state index >= 15 is 0 Å². The number of nitrogens with zero attached hydrogens (tertiary/aromatic N) is 2. The monoisotopic (exact) mass is 232 g/mol. The Morgan fingerprint density at radius 2 is 1.91 bits per heavy atom. The fourth-order valence-electron chi connectivity index (χ4n) is 0.572. The van der Waals surface area contributed by atoms with Gasteiger partial charge in [-0.05, 0) is 15.9 Å². The molecular weight excluding hydrogens is 224 g/mol. The van der Waals surface area contributed by atoms with E-state index in [0.29, 0.717) is 5.25 Å². The zero-order valence-electron chi connectivity index (χ0n) is 6.41. The number of rotatable bonds is 2. The third kappa shape index (κ3) is 3.20. The van der Waals surface area contributed by atoms with E-state index in [0.717, 1.165) is 9.63 Å². The molecule has 0 atom stereocenters. The Kier molecular flexibility index (Phi) is 3.33. The highest BCUT2D eigenvalue weighted by atomic mass is 79.9. The molecule has 11 heavy (non-hydrogen) atoms. The molecule has 0 aromatic carbocycles. The third-order valence-electron chi connectivity index (χ3n) is 0.938. The van der Waals surface area contributed by atoms with Gasteiger partial charge in [0.25, 0.3) is 0 Å². The number of aromatic nitrogens is 2. The van der Waals surface area contributed by atoms with Crippen molar-refractivity contribution in [3.05, 3.63) is 16.9 Å². The summed E-state index contributed by atoms with van der Waals surface area (Å²) in [6, 6.07) is 0. The first-order valence-electron chi connectivity index (χ1n) is 3.32. The van der Waals surface area contributed by atoms with Crippen LogP contribution in [-0.4, -0.2) is 15.2 Å². The zero-order valence-corrected chi connectivity index (χ0v) is 8.82. The van der Waals surface area contributed by atoms with Gasteiger partial charge >= 0.3 is 0 Å². The molecule has 0 amide bonds. The van der Waals surface area contributed by atoms with Gasteiger partial charge in [-0.25, -0.2) is 9.97 Å². The molecule has 1 aromatic heterocycles. The van der Waals surface area contributed by atoms with Crippen molar-refractivity contribution >= 4 is 27.7 Å². The van der Waals surface area contributed by atoms with Crippen LogP contribution in [0.15, 0.2) is 22.0 Å². The van der Waals surface area contributed by atoms with E-state index < -0.39 is 0 Å². The summed E-state index contributed by atoms with van der Waals surface area (Å²) >= 11 is 4.94. The quantitative estimate of drug-likeness (QED) is 0.580. The molecule has 2 nitrogen and oxygen atoms in total. The molecule has 0 N–H and O–H groups in total. The summed E-state index contributed by atoms with van der Waals surface area (Å²) < 4.78 is 0.922. The lowest BCUT2D eigenvalue weighted by molar-refractivity contribution is 0.946. The lowest BCUT2D eigenvalue weighted by Crippen LogP contribution is -1.91. The van der Waals surface area contributed by atoms with E-state index in [1.807, 2.05) is 0 Å². The molecule has 4 heteroatoms. The minimum absolute atomic E-state index is 0.538. The normalized spacial score (nSPS) is 10.5. The smallest absolute Gasteiger partial charge is 0.187 e. The minimum Gasteiger partial charge on any atom is -0.230 e. The summed E-state index contributed by atoms with van der Waals surface area (Å²) in [5.74, 6) is 0. The first-order valence-corrected chi connectivity index (χ1v) is 5.00. The van der Waals surface area contributed by atoms with Gasteiger partial charge in [-0.2, -0.15) is 0 Å². The second kappa shape index (κ2) is 4.07. The largest absolute Gasteiger partial charge is 0.230 e. The second-order valence-electron chi connectivity index (χ2n) is 2.35. The van der Waals surface area contributed by atoms with Crippen LogP contribution < -0.4 is 0 Å². The molecule has 1 heterocycles. The van der Waals surface area contributed by atoms with Gasteiger partial charge in [0.2, 0.25) is 0 Å². The fraction of sp³-hybridized carbons (Fsp3) is 0.429. The standard InChI is InChI=1S/C7H9BrN2S/c1-5(2)11-7-9-3-6(8)4-10-7/h3-5H,1-2H3. The summed E-state index contributed by atoms with van der Waals surface area (Å²) in [6.45, 7) is 4.24. The molecular formula is C7H9BrN2S. The van der Waals surface area contributed by atoms with Crippen LogP contribution in [0.2, 0.25) is 0 Å². The Balaban J connectivity index is 2.66. The molecule has 0 fully saturated rings. The Labute approximate surface area is 79.0 Å². The van der Waals surface area contributed by atoms with Crippen molar-refractivity contribution in [3.63, 3.8) is 0 Å². The molecule has 0 aliphatic carbocycles. The van der Waals surface area contributed by atoms with Gasteiger partial charge in [0, 0.05) is 17.6 Å². The minimum atomic E-state index is 0.538. The van der Waals surface area contributed by atoms with Gasteiger partial charge in [0.05, 0.1) is 4.47 Å². The molecule has 1 aromatic rings. The highest BCUT2D eigenvalue weighted by molar-refractivity contribution is 9.10. The van der Waals surface area contributed by atoms with Crippen LogP contribution in [0.4, 0.5) is 0 Å². The predicted octanol–water partition coefficient (Wildman–Crippen LogP) is 2.74. The van der Waals surface area contributed by atoms with Crippen LogP contribution >= 0.6 is 27.7 Å². The molecule has 0 aliphatic rings. The summed E-state index contributed by atoms with van der Waals surface area (Å²) in [5, 5.41) is 1.37. The SMILES string of the molecule is CC(C)Sc1ncc(Br)cn1. The van der Waals surface area contributed by atoms with Gasteiger partial charge in [0.1, 0.15) is 0 Å². The zero-order chi connectivity index (χ0) is 8.27. The lowest BCUT2D eigenvalue weighted by Gasteiger charge is -2.00. The third-order valence-corrected chi connectivity index (χ3v) is 2.24. The predicted molar refractivity (Wildman–Crippen MR) is 50.7 cm³/mol. The van der Waals surface area contributed by atoms with E-state index in [4.69, 9.17) is 0 Å². The molecule has 0 saturated carbocycles. The number of halogens is 1. The Hall–Kier alpha value is -0.0900. The molecule has 0 unspecified atom stereocenters. The maximum Gasteiger partial charge on any atom is 0.187 e. The van der Waals surface area contributed by atoms with Crippen LogP contribution in [0.3, 0.4) is 0 Å². The van der Waals surface area contributed by atoms with Crippen LogP contribution in [0, 0.1) is 0 Å². The summed E-state index contributed by atoms with van der Waals surface area (Å²) in [4.78, 5) is 8.25. The first kappa shape index (κ1) is 9.00. The average molecular weight is 233 g/mol. The molecule has 0 spiro atoms. The van der Waals surface area contributed by atoms with Crippen molar-refractivity contribution in [3.8, 4) is 0 Å². The van der Waals surface area contributed by atoms with Crippen LogP contribution in [0.25, 0.3) is 0 Å². The van der Waals surface area contributed by atoms with E-state index in [2.05, 4.69) is 39.7 Å². The number of hydrogen-bond donors (Lipinski definition) is 0. The van der Waals surface area contributed by atoms with Crippen molar-refractivity contribution in [1.82, 2.24) is 9.97 Å². The second-order valence-corrected chi connectivity index (χ2v) is 4.81. The van der Waals surface area contributed by atoms with Crippen molar-refractivity contribution < 1.29 is 0 Å².